The summed E-state index contributed by atoms with van der Waals surface area (Å²) in [5.41, 5.74) is 2.22. The molecule has 0 fully saturated rings. The second-order valence-corrected chi connectivity index (χ2v) is 7.11. The largest absolute Gasteiger partial charge is 0.351 e. The van der Waals surface area contributed by atoms with Crippen molar-refractivity contribution in [2.24, 2.45) is 0 Å². The van der Waals surface area contributed by atoms with E-state index in [-0.39, 0.29) is 11.2 Å². The van der Waals surface area contributed by atoms with Gasteiger partial charge in [0, 0.05) is 11.4 Å². The summed E-state index contributed by atoms with van der Waals surface area (Å²) in [6.07, 6.45) is 3.22. The van der Waals surface area contributed by atoms with Crippen molar-refractivity contribution >= 4 is 17.7 Å². The Morgan fingerprint density at radius 2 is 1.84 bits per heavy atom. The third-order valence-corrected chi connectivity index (χ3v) is 4.84. The van der Waals surface area contributed by atoms with Crippen LogP contribution in [0.3, 0.4) is 0 Å². The Morgan fingerprint density at radius 3 is 2.52 bits per heavy atom. The lowest BCUT2D eigenvalue weighted by atomic mass is 10.1. The van der Waals surface area contributed by atoms with Gasteiger partial charge in [-0.05, 0) is 30.2 Å². The zero-order valence-corrected chi connectivity index (χ0v) is 14.8. The molecule has 1 heterocycles. The minimum Gasteiger partial charge on any atom is -0.351 e. The molecule has 1 atom stereocenters. The highest BCUT2D eigenvalue weighted by Gasteiger charge is 2.13. The number of rotatable bonds is 7. The molecule has 1 amide bonds. The standard InChI is InChI=1S/C19H20N4OS/c1-15(25-18-5-3-2-4-6-18)19(24)21-11-16-7-9-17(10-8-16)12-23-14-20-13-22-23/h2-10,13-15H,11-12H2,1H3,(H,21,24). The molecule has 1 unspecified atom stereocenters. The molecular weight excluding hydrogens is 332 g/mol. The lowest BCUT2D eigenvalue weighted by molar-refractivity contribution is -0.120. The fourth-order valence-corrected chi connectivity index (χ4v) is 3.27. The fraction of sp³-hybridized carbons (Fsp3) is 0.211. The first-order chi connectivity index (χ1) is 12.2. The van der Waals surface area contributed by atoms with E-state index in [9.17, 15) is 4.79 Å². The number of aromatic nitrogens is 3. The molecule has 0 bridgehead atoms. The van der Waals surface area contributed by atoms with Crippen LogP contribution < -0.4 is 5.32 Å². The molecule has 0 aliphatic rings. The van der Waals surface area contributed by atoms with Gasteiger partial charge in [-0.25, -0.2) is 9.67 Å². The Balaban J connectivity index is 1.48. The van der Waals surface area contributed by atoms with Crippen molar-refractivity contribution in [3.8, 4) is 0 Å². The van der Waals surface area contributed by atoms with Crippen LogP contribution >= 0.6 is 11.8 Å². The highest BCUT2D eigenvalue weighted by atomic mass is 32.2. The van der Waals surface area contributed by atoms with Crippen LogP contribution in [0.1, 0.15) is 18.1 Å². The first kappa shape index (κ1) is 17.2. The molecule has 3 rings (SSSR count). The first-order valence-corrected chi connectivity index (χ1v) is 8.98. The molecule has 5 nitrogen and oxygen atoms in total. The fourth-order valence-electron chi connectivity index (χ4n) is 2.35. The third kappa shape index (κ3) is 5.19. The van der Waals surface area contributed by atoms with Crippen LogP contribution in [0, 0.1) is 0 Å². The second kappa shape index (κ2) is 8.48. The number of nitrogens with one attached hydrogen (secondary N) is 1. The van der Waals surface area contributed by atoms with E-state index in [0.29, 0.717) is 13.1 Å². The molecule has 0 saturated heterocycles. The molecule has 1 N–H and O–H groups in total. The maximum Gasteiger partial charge on any atom is 0.233 e. The van der Waals surface area contributed by atoms with Crippen LogP contribution in [0.25, 0.3) is 0 Å². The van der Waals surface area contributed by atoms with Crippen molar-refractivity contribution < 1.29 is 4.79 Å². The van der Waals surface area contributed by atoms with Crippen LogP contribution in [0.15, 0.2) is 72.1 Å². The molecule has 6 heteroatoms. The van der Waals surface area contributed by atoms with E-state index in [0.717, 1.165) is 16.0 Å². The summed E-state index contributed by atoms with van der Waals surface area (Å²) in [6, 6.07) is 18.1. The lowest BCUT2D eigenvalue weighted by Gasteiger charge is -2.12. The van der Waals surface area contributed by atoms with Gasteiger partial charge >= 0.3 is 0 Å². The van der Waals surface area contributed by atoms with Crippen LogP contribution in [0.2, 0.25) is 0 Å². The van der Waals surface area contributed by atoms with E-state index in [1.54, 1.807) is 22.8 Å². The zero-order chi connectivity index (χ0) is 17.5. The summed E-state index contributed by atoms with van der Waals surface area (Å²) in [4.78, 5) is 17.3. The Hall–Kier alpha value is -2.60. The maximum absolute atomic E-state index is 12.2. The van der Waals surface area contributed by atoms with Crippen LogP contribution in [0.5, 0.6) is 0 Å². The van der Waals surface area contributed by atoms with Crippen LogP contribution in [0.4, 0.5) is 0 Å². The number of carbonyl (C=O) groups is 1. The molecule has 0 aliphatic carbocycles. The number of carbonyl (C=O) groups excluding carboxylic acids is 1. The average molecular weight is 352 g/mol. The van der Waals surface area contributed by atoms with Crippen molar-refractivity contribution in [3.05, 3.63) is 78.4 Å². The molecule has 0 radical (unpaired) electrons. The van der Waals surface area contributed by atoms with E-state index in [1.165, 1.54) is 6.33 Å². The van der Waals surface area contributed by atoms with Crippen molar-refractivity contribution in [1.29, 1.82) is 0 Å². The quantitative estimate of drug-likeness (QED) is 0.664. The Kier molecular flexibility index (Phi) is 5.85. The van der Waals surface area contributed by atoms with E-state index in [1.807, 2.05) is 61.5 Å². The van der Waals surface area contributed by atoms with E-state index in [2.05, 4.69) is 15.4 Å². The van der Waals surface area contributed by atoms with Gasteiger partial charge < -0.3 is 5.32 Å². The summed E-state index contributed by atoms with van der Waals surface area (Å²) in [5.74, 6) is 0.0422. The number of hydrogen-bond donors (Lipinski definition) is 1. The monoisotopic (exact) mass is 352 g/mol. The summed E-state index contributed by atoms with van der Waals surface area (Å²) in [6.45, 7) is 3.15. The smallest absolute Gasteiger partial charge is 0.233 e. The molecule has 0 spiro atoms. The van der Waals surface area contributed by atoms with Gasteiger partial charge in [0.1, 0.15) is 12.7 Å². The van der Waals surface area contributed by atoms with E-state index >= 15 is 0 Å². The van der Waals surface area contributed by atoms with Gasteiger partial charge in [0.15, 0.2) is 0 Å². The molecule has 2 aromatic carbocycles. The van der Waals surface area contributed by atoms with E-state index in [4.69, 9.17) is 0 Å². The normalized spacial score (nSPS) is 11.9. The highest BCUT2D eigenvalue weighted by Crippen LogP contribution is 2.22. The third-order valence-electron chi connectivity index (χ3n) is 3.73. The van der Waals surface area contributed by atoms with Crippen molar-refractivity contribution in [3.63, 3.8) is 0 Å². The summed E-state index contributed by atoms with van der Waals surface area (Å²) in [5, 5.41) is 6.96. The van der Waals surface area contributed by atoms with Gasteiger partial charge in [0.25, 0.3) is 0 Å². The minimum atomic E-state index is -0.131. The van der Waals surface area contributed by atoms with Gasteiger partial charge in [0.05, 0.1) is 11.8 Å². The van der Waals surface area contributed by atoms with Crippen LogP contribution in [-0.2, 0) is 17.9 Å². The highest BCUT2D eigenvalue weighted by molar-refractivity contribution is 8.00. The van der Waals surface area contributed by atoms with Crippen molar-refractivity contribution in [1.82, 2.24) is 20.1 Å². The summed E-state index contributed by atoms with van der Waals surface area (Å²) < 4.78 is 1.78. The molecule has 128 valence electrons. The maximum atomic E-state index is 12.2. The number of benzene rings is 2. The topological polar surface area (TPSA) is 59.8 Å². The number of hydrogen-bond acceptors (Lipinski definition) is 4. The summed E-state index contributed by atoms with van der Waals surface area (Å²) in [7, 11) is 0. The van der Waals surface area contributed by atoms with Crippen molar-refractivity contribution in [2.75, 3.05) is 0 Å². The molecule has 0 aliphatic heterocycles. The molecule has 1 aromatic heterocycles. The minimum absolute atomic E-state index is 0.0422. The van der Waals surface area contributed by atoms with Crippen molar-refractivity contribution in [2.45, 2.75) is 30.2 Å². The van der Waals surface area contributed by atoms with Gasteiger partial charge in [-0.3, -0.25) is 4.79 Å². The molecular formula is C19H20N4OS. The average Bonchev–Trinajstić information content (AvgIpc) is 3.14. The van der Waals surface area contributed by atoms with E-state index < -0.39 is 0 Å². The van der Waals surface area contributed by atoms with Crippen LogP contribution in [-0.4, -0.2) is 25.9 Å². The zero-order valence-electron chi connectivity index (χ0n) is 14.0. The Labute approximate surface area is 151 Å². The Morgan fingerprint density at radius 1 is 1.12 bits per heavy atom. The number of thioether (sulfide) groups is 1. The predicted octanol–water partition coefficient (Wildman–Crippen LogP) is 3.12. The first-order valence-electron chi connectivity index (χ1n) is 8.10. The molecule has 25 heavy (non-hydrogen) atoms. The van der Waals surface area contributed by atoms with Gasteiger partial charge in [0.2, 0.25) is 5.91 Å². The Bertz CT molecular complexity index is 788. The summed E-state index contributed by atoms with van der Waals surface area (Å²) >= 11 is 1.56. The lowest BCUT2D eigenvalue weighted by Crippen LogP contribution is -2.30. The number of amides is 1. The number of nitrogens with zero attached hydrogens (tertiary/aromatic N) is 3. The van der Waals surface area contributed by atoms with Gasteiger partial charge in [-0.2, -0.15) is 5.10 Å². The van der Waals surface area contributed by atoms with Gasteiger partial charge in [-0.15, -0.1) is 11.8 Å². The SMILES string of the molecule is CC(Sc1ccccc1)C(=O)NCc1ccc(Cn2cncn2)cc1. The predicted molar refractivity (Wildman–Crippen MR) is 99.2 cm³/mol. The second-order valence-electron chi connectivity index (χ2n) is 5.70. The molecule has 0 saturated carbocycles. The molecule has 3 aromatic rings. The van der Waals surface area contributed by atoms with Gasteiger partial charge in [-0.1, -0.05) is 42.5 Å².